The maximum atomic E-state index is 12.5. The molecule has 2 bridgehead atoms. The van der Waals surface area contributed by atoms with E-state index in [4.69, 9.17) is 29.4 Å². The lowest BCUT2D eigenvalue weighted by molar-refractivity contribution is -0.308. The molecule has 0 aromatic rings. The summed E-state index contributed by atoms with van der Waals surface area (Å²) in [5, 5.41) is 64.2. The lowest BCUT2D eigenvalue weighted by atomic mass is 9.83. The normalized spacial score (nSPS) is 45.1. The van der Waals surface area contributed by atoms with Crippen molar-refractivity contribution in [1.82, 2.24) is 0 Å². The van der Waals surface area contributed by atoms with E-state index in [-0.39, 0.29) is 25.4 Å². The second-order valence-corrected chi connectivity index (χ2v) is 13.5. The zero-order valence-electron chi connectivity index (χ0n) is 28.6. The van der Waals surface area contributed by atoms with Crippen LogP contribution in [0.5, 0.6) is 0 Å². The number of epoxide rings is 1. The molecule has 14 heteroatoms. The van der Waals surface area contributed by atoms with E-state index in [1.165, 1.54) is 6.08 Å². The van der Waals surface area contributed by atoms with Crippen molar-refractivity contribution in [3.63, 3.8) is 0 Å². The van der Waals surface area contributed by atoms with Gasteiger partial charge in [0.1, 0.15) is 24.2 Å². The monoisotopic (exact) mass is 707 g/mol. The molecule has 0 amide bonds. The minimum Gasteiger partial charge on any atom is -0.481 e. The number of aliphatic hydroxyl groups is 5. The number of allylic oxidation sites excluding steroid dienone is 6. The van der Waals surface area contributed by atoms with Crippen LogP contribution < -0.4 is 5.73 Å². The van der Waals surface area contributed by atoms with Crippen LogP contribution >= 0.6 is 0 Å². The minimum atomic E-state index is -2.10. The van der Waals surface area contributed by atoms with Crippen molar-refractivity contribution in [2.45, 2.75) is 144 Å². The van der Waals surface area contributed by atoms with Crippen LogP contribution in [-0.4, -0.2) is 122 Å². The van der Waals surface area contributed by atoms with Gasteiger partial charge in [0.2, 0.25) is 0 Å². The first-order valence-corrected chi connectivity index (χ1v) is 17.4. The fourth-order valence-electron chi connectivity index (χ4n) is 6.54. The van der Waals surface area contributed by atoms with Gasteiger partial charge in [-0.15, -0.1) is 0 Å². The van der Waals surface area contributed by atoms with Gasteiger partial charge in [-0.2, -0.15) is 0 Å². The number of aliphatic hydroxyl groups excluding tert-OH is 4. The first-order valence-electron chi connectivity index (χ1n) is 17.4. The Balaban J connectivity index is 1.58. The van der Waals surface area contributed by atoms with Gasteiger partial charge in [-0.25, -0.2) is 4.79 Å². The molecule has 0 saturated carbocycles. The number of ether oxygens (including phenoxy) is 5. The van der Waals surface area contributed by atoms with E-state index < -0.39 is 97.3 Å². The van der Waals surface area contributed by atoms with Crippen LogP contribution in [0.1, 0.15) is 65.2 Å². The highest BCUT2D eigenvalue weighted by atomic mass is 16.7. The van der Waals surface area contributed by atoms with Crippen molar-refractivity contribution in [3.8, 4) is 0 Å². The lowest BCUT2D eigenvalue weighted by Crippen LogP contribution is -2.61. The summed E-state index contributed by atoms with van der Waals surface area (Å²) in [5.41, 5.74) is 6.00. The zero-order chi connectivity index (χ0) is 36.4. The average molecular weight is 708 g/mol. The number of rotatable bonds is 6. The van der Waals surface area contributed by atoms with Crippen molar-refractivity contribution in [3.05, 3.63) is 60.8 Å². The summed E-state index contributed by atoms with van der Waals surface area (Å²) in [7, 11) is 0. The number of carbonyl (C=O) groups is 2. The van der Waals surface area contributed by atoms with Crippen molar-refractivity contribution >= 4 is 11.9 Å². The van der Waals surface area contributed by atoms with Crippen LogP contribution in [0.15, 0.2) is 60.8 Å². The maximum Gasteiger partial charge on any atom is 0.330 e. The Labute approximate surface area is 292 Å². The predicted octanol–water partition coefficient (Wildman–Crippen LogP) is 1.29. The SMILES string of the molecule is CCCC[C@@H]1C/C=C/C=C/C=C/C=C/[C@H](O[C@@H]2O[C@H](C)[C@@H](O)[C@H](N)[C@@H]2O)C[C@@H]2O[C@](O)(C[C@@H](O)C[C@H]3O[C@@H]3/C=C/C(=O)O1)C[C@H](O)[C@H]2C(=O)O. The summed E-state index contributed by atoms with van der Waals surface area (Å²) in [6.45, 7) is 3.64. The smallest absolute Gasteiger partial charge is 0.330 e. The summed E-state index contributed by atoms with van der Waals surface area (Å²) in [5.74, 6) is -5.41. The fourth-order valence-corrected chi connectivity index (χ4v) is 6.54. The number of aliphatic carboxylic acids is 1. The standard InChI is InChI=1S/C36H53NO13/c1-3-4-12-23-13-10-8-6-5-7-9-11-14-24(48-35-33(42)31(37)32(41)21(2)46-35)18-28-30(34(43)44)25(39)20-36(45,50-28)19-22(38)17-27-26(49-27)15-16-29(40)47-23/h5-11,14-16,21-28,30-33,35,38-39,41-42,45H,3-4,12-13,17-20,37H2,1-2H3,(H,43,44)/b6-5+,9-7+,10-8+,14-11+,16-15+/t21-,22+,23-,24+,25+,26-,27-,28+,30-,31+,32-,33+,35+,36-/m1/s1. The quantitative estimate of drug-likeness (QED) is 0.152. The molecule has 0 spiro atoms. The molecule has 280 valence electrons. The van der Waals surface area contributed by atoms with Gasteiger partial charge in [0.15, 0.2) is 12.1 Å². The summed E-state index contributed by atoms with van der Waals surface area (Å²) in [6.07, 6.45) is 8.24. The molecule has 0 aromatic carbocycles. The van der Waals surface area contributed by atoms with E-state index in [0.717, 1.165) is 19.3 Å². The first-order chi connectivity index (χ1) is 23.8. The predicted molar refractivity (Wildman–Crippen MR) is 179 cm³/mol. The number of hydrogen-bond acceptors (Lipinski definition) is 13. The molecule has 3 saturated heterocycles. The second-order valence-electron chi connectivity index (χ2n) is 13.5. The Hall–Kier alpha value is -2.76. The highest BCUT2D eigenvalue weighted by Crippen LogP contribution is 2.39. The summed E-state index contributed by atoms with van der Waals surface area (Å²) < 4.78 is 29.0. The maximum absolute atomic E-state index is 12.5. The van der Waals surface area contributed by atoms with Crippen LogP contribution in [0.25, 0.3) is 0 Å². The van der Waals surface area contributed by atoms with Gasteiger partial charge in [0.25, 0.3) is 0 Å². The van der Waals surface area contributed by atoms with Crippen LogP contribution in [0.2, 0.25) is 0 Å². The van der Waals surface area contributed by atoms with E-state index in [9.17, 15) is 40.2 Å². The third-order valence-corrected chi connectivity index (χ3v) is 9.35. The Morgan fingerprint density at radius 3 is 2.42 bits per heavy atom. The van der Waals surface area contributed by atoms with Crippen LogP contribution in [0.4, 0.5) is 0 Å². The molecule has 14 atom stereocenters. The molecule has 14 nitrogen and oxygen atoms in total. The van der Waals surface area contributed by atoms with E-state index in [1.807, 2.05) is 18.2 Å². The molecule has 0 radical (unpaired) electrons. The average Bonchev–Trinajstić information content (AvgIpc) is 3.78. The van der Waals surface area contributed by atoms with Gasteiger partial charge < -0.3 is 60.1 Å². The van der Waals surface area contributed by atoms with Crippen LogP contribution in [0, 0.1) is 5.92 Å². The third-order valence-electron chi connectivity index (χ3n) is 9.35. The van der Waals surface area contributed by atoms with Crippen LogP contribution in [0.3, 0.4) is 0 Å². The van der Waals surface area contributed by atoms with Gasteiger partial charge in [-0.3, -0.25) is 4.79 Å². The number of cyclic esters (lactones) is 1. The lowest BCUT2D eigenvalue weighted by Gasteiger charge is -2.45. The van der Waals surface area contributed by atoms with E-state index in [0.29, 0.717) is 6.42 Å². The van der Waals surface area contributed by atoms with Crippen molar-refractivity contribution < 1.29 is 63.9 Å². The van der Waals surface area contributed by atoms with Gasteiger partial charge in [-0.05, 0) is 19.4 Å². The van der Waals surface area contributed by atoms with E-state index in [2.05, 4.69) is 6.92 Å². The molecular formula is C36H53NO13. The Kier molecular flexibility index (Phi) is 14.9. The number of nitrogens with two attached hydrogens (primary N) is 1. The topological polar surface area (TPSA) is 231 Å². The zero-order valence-corrected chi connectivity index (χ0v) is 28.6. The summed E-state index contributed by atoms with van der Waals surface area (Å²) in [4.78, 5) is 24.8. The van der Waals surface area contributed by atoms with Crippen LogP contribution in [-0.2, 0) is 33.3 Å². The molecule has 0 unspecified atom stereocenters. The molecular weight excluding hydrogens is 654 g/mol. The number of unbranched alkanes of at least 4 members (excludes halogenated alkanes) is 1. The third kappa shape index (κ3) is 11.6. The van der Waals surface area contributed by atoms with E-state index in [1.54, 1.807) is 43.4 Å². The number of carbonyl (C=O) groups excluding carboxylic acids is 1. The van der Waals surface area contributed by atoms with Crippen molar-refractivity contribution in [1.29, 1.82) is 0 Å². The number of fused-ring (bicyclic) bond motifs is 3. The van der Waals surface area contributed by atoms with Gasteiger partial charge >= 0.3 is 11.9 Å². The molecule has 4 rings (SSSR count). The molecule has 0 aliphatic carbocycles. The highest BCUT2D eigenvalue weighted by Gasteiger charge is 2.51. The molecule has 0 aromatic heterocycles. The fraction of sp³-hybridized carbons (Fsp3) is 0.667. The second kappa shape index (κ2) is 18.6. The number of carboxylic acid groups (broad SMARTS) is 1. The molecule has 50 heavy (non-hydrogen) atoms. The van der Waals surface area contributed by atoms with Gasteiger partial charge in [-0.1, -0.05) is 68.4 Å². The Bertz CT molecular complexity index is 1270. The number of esters is 1. The number of carboxylic acids is 1. The first kappa shape index (κ1) is 40.0. The summed E-state index contributed by atoms with van der Waals surface area (Å²) >= 11 is 0. The van der Waals surface area contributed by atoms with Gasteiger partial charge in [0.05, 0.1) is 48.8 Å². The largest absolute Gasteiger partial charge is 0.481 e. The van der Waals surface area contributed by atoms with Gasteiger partial charge in [0, 0.05) is 38.2 Å². The molecule has 8 N–H and O–H groups in total. The highest BCUT2D eigenvalue weighted by molar-refractivity contribution is 5.82. The molecule has 3 fully saturated rings. The number of hydrogen-bond donors (Lipinski definition) is 7. The summed E-state index contributed by atoms with van der Waals surface area (Å²) in [6, 6.07) is -1.08. The van der Waals surface area contributed by atoms with E-state index >= 15 is 0 Å². The molecule has 4 aliphatic rings. The Morgan fingerprint density at radius 2 is 1.70 bits per heavy atom. The minimum absolute atomic E-state index is 0.0816. The van der Waals surface area contributed by atoms with Crippen molar-refractivity contribution in [2.75, 3.05) is 0 Å². The molecule has 4 heterocycles. The Morgan fingerprint density at radius 1 is 0.980 bits per heavy atom. The molecule has 4 aliphatic heterocycles. The van der Waals surface area contributed by atoms with Crippen molar-refractivity contribution in [2.24, 2.45) is 11.7 Å².